The van der Waals surface area contributed by atoms with E-state index in [9.17, 15) is 13.2 Å². The summed E-state index contributed by atoms with van der Waals surface area (Å²) in [6.07, 6.45) is 0. The van der Waals surface area contributed by atoms with Crippen LogP contribution in [0.5, 0.6) is 5.75 Å². The molecule has 0 unspecified atom stereocenters. The summed E-state index contributed by atoms with van der Waals surface area (Å²) in [6, 6.07) is 22.5. The molecule has 10 heteroatoms. The smallest absolute Gasteiger partial charge is 0.264 e. The number of aromatic nitrogens is 2. The van der Waals surface area contributed by atoms with Crippen molar-refractivity contribution in [1.29, 1.82) is 0 Å². The van der Waals surface area contributed by atoms with E-state index in [2.05, 4.69) is 15.5 Å². The lowest BCUT2D eigenvalue weighted by molar-refractivity contribution is -0.114. The van der Waals surface area contributed by atoms with Gasteiger partial charge in [-0.2, -0.15) is 0 Å². The molecule has 0 aliphatic carbocycles. The van der Waals surface area contributed by atoms with E-state index >= 15 is 0 Å². The fourth-order valence-electron chi connectivity index (χ4n) is 3.29. The number of ether oxygens (including phenoxy) is 1. The summed E-state index contributed by atoms with van der Waals surface area (Å²) in [5.74, 6) is 0.0346. The van der Waals surface area contributed by atoms with Crippen LogP contribution in [0, 0.1) is 6.92 Å². The minimum atomic E-state index is -4.04. The molecule has 35 heavy (non-hydrogen) atoms. The highest BCUT2D eigenvalue weighted by Gasteiger charge is 2.27. The Hall–Kier alpha value is -3.76. The average molecular weight is 509 g/mol. The molecular weight excluding hydrogens is 484 g/mol. The summed E-state index contributed by atoms with van der Waals surface area (Å²) in [5.41, 5.74) is 2.23. The second-order valence-corrected chi connectivity index (χ2v) is 10.4. The first-order valence-corrected chi connectivity index (χ1v) is 13.1. The van der Waals surface area contributed by atoms with E-state index in [0.717, 1.165) is 15.4 Å². The topological polar surface area (TPSA) is 101 Å². The van der Waals surface area contributed by atoms with Crippen LogP contribution in [0.4, 0.5) is 10.8 Å². The maximum Gasteiger partial charge on any atom is 0.264 e. The number of anilines is 2. The van der Waals surface area contributed by atoms with Crippen molar-refractivity contribution in [2.45, 2.75) is 18.7 Å². The lowest BCUT2D eigenvalue weighted by atomic mass is 10.2. The van der Waals surface area contributed by atoms with Crippen LogP contribution in [0.2, 0.25) is 0 Å². The third-order valence-corrected chi connectivity index (χ3v) is 7.70. The standard InChI is InChI=1S/C25H24N4O4S2/c1-3-33-21-13-15-22(16-14-21)35(31,32)29(20-11-9-18(2)10-12-20)17-23(30)26-25-28-27-24(34-25)19-7-5-4-6-8-19/h4-16H,3,17H2,1-2H3,(H,26,28,30). The number of carbonyl (C=O) groups excluding carboxylic acids is 1. The predicted molar refractivity (Wildman–Crippen MR) is 137 cm³/mol. The van der Waals surface area contributed by atoms with Crippen LogP contribution < -0.4 is 14.4 Å². The predicted octanol–water partition coefficient (Wildman–Crippen LogP) is 4.75. The van der Waals surface area contributed by atoms with Gasteiger partial charge in [-0.25, -0.2) is 8.42 Å². The van der Waals surface area contributed by atoms with Crippen LogP contribution in [-0.4, -0.2) is 37.7 Å². The monoisotopic (exact) mass is 508 g/mol. The van der Waals surface area contributed by atoms with Gasteiger partial charge in [0, 0.05) is 5.56 Å². The minimum Gasteiger partial charge on any atom is -0.494 e. The van der Waals surface area contributed by atoms with E-state index in [1.54, 1.807) is 36.4 Å². The Labute approximate surface area is 208 Å². The molecule has 0 aliphatic heterocycles. The molecule has 180 valence electrons. The number of benzene rings is 3. The molecule has 1 amide bonds. The van der Waals surface area contributed by atoms with Crippen molar-refractivity contribution in [3.63, 3.8) is 0 Å². The highest BCUT2D eigenvalue weighted by Crippen LogP contribution is 2.28. The number of rotatable bonds is 9. The Morgan fingerprint density at radius 1 is 0.971 bits per heavy atom. The average Bonchev–Trinajstić information content (AvgIpc) is 3.33. The number of aryl methyl sites for hydroxylation is 1. The maximum absolute atomic E-state index is 13.5. The lowest BCUT2D eigenvalue weighted by Gasteiger charge is -2.24. The second kappa shape index (κ2) is 10.7. The SMILES string of the molecule is CCOc1ccc(S(=O)(=O)N(CC(=O)Nc2nnc(-c3ccccc3)s2)c2ccc(C)cc2)cc1. The molecule has 4 aromatic rings. The van der Waals surface area contributed by atoms with Gasteiger partial charge in [-0.15, -0.1) is 10.2 Å². The molecule has 1 heterocycles. The van der Waals surface area contributed by atoms with Crippen LogP contribution in [0.3, 0.4) is 0 Å². The van der Waals surface area contributed by atoms with Crippen molar-refractivity contribution >= 4 is 38.1 Å². The van der Waals surface area contributed by atoms with Gasteiger partial charge in [-0.3, -0.25) is 14.4 Å². The first-order valence-electron chi connectivity index (χ1n) is 10.9. The van der Waals surface area contributed by atoms with Crippen LogP contribution in [-0.2, 0) is 14.8 Å². The summed E-state index contributed by atoms with van der Waals surface area (Å²) < 4.78 is 33.6. The zero-order chi connectivity index (χ0) is 24.8. The molecule has 8 nitrogen and oxygen atoms in total. The summed E-state index contributed by atoms with van der Waals surface area (Å²) in [6.45, 7) is 3.79. The van der Waals surface area contributed by atoms with Crippen molar-refractivity contribution in [3.8, 4) is 16.3 Å². The third-order valence-electron chi connectivity index (χ3n) is 5.02. The van der Waals surface area contributed by atoms with Gasteiger partial charge in [0.1, 0.15) is 17.3 Å². The van der Waals surface area contributed by atoms with E-state index in [1.807, 2.05) is 44.2 Å². The molecule has 0 saturated heterocycles. The molecule has 0 atom stereocenters. The highest BCUT2D eigenvalue weighted by atomic mass is 32.2. The molecule has 0 bridgehead atoms. The van der Waals surface area contributed by atoms with Gasteiger partial charge in [-0.1, -0.05) is 59.4 Å². The maximum atomic E-state index is 13.5. The molecule has 0 aliphatic rings. The fourth-order valence-corrected chi connectivity index (χ4v) is 5.47. The molecule has 4 rings (SSSR count). The minimum absolute atomic E-state index is 0.0524. The van der Waals surface area contributed by atoms with Crippen molar-refractivity contribution in [3.05, 3.63) is 84.4 Å². The molecule has 0 spiro atoms. The number of carbonyl (C=O) groups is 1. The number of hydrogen-bond acceptors (Lipinski definition) is 7. The summed E-state index contributed by atoms with van der Waals surface area (Å²) in [7, 11) is -4.04. The summed E-state index contributed by atoms with van der Waals surface area (Å²) in [5, 5.41) is 11.8. The molecule has 1 N–H and O–H groups in total. The third kappa shape index (κ3) is 5.84. The molecule has 1 aromatic heterocycles. The van der Waals surface area contributed by atoms with Gasteiger partial charge in [-0.05, 0) is 50.2 Å². The molecular formula is C25H24N4O4S2. The van der Waals surface area contributed by atoms with Crippen LogP contribution in [0.25, 0.3) is 10.6 Å². The van der Waals surface area contributed by atoms with Crippen LogP contribution >= 0.6 is 11.3 Å². The molecule has 0 fully saturated rings. The van der Waals surface area contributed by atoms with Crippen molar-refractivity contribution < 1.29 is 17.9 Å². The van der Waals surface area contributed by atoms with Gasteiger partial charge in [0.2, 0.25) is 11.0 Å². The van der Waals surface area contributed by atoms with Gasteiger partial charge in [0.05, 0.1) is 17.2 Å². The summed E-state index contributed by atoms with van der Waals surface area (Å²) >= 11 is 1.21. The Bertz CT molecular complexity index is 1390. The Balaban J connectivity index is 1.58. The zero-order valence-corrected chi connectivity index (χ0v) is 20.8. The van der Waals surface area contributed by atoms with Gasteiger partial charge in [0.25, 0.3) is 10.0 Å². The number of sulfonamides is 1. The van der Waals surface area contributed by atoms with Crippen molar-refractivity contribution in [1.82, 2.24) is 10.2 Å². The zero-order valence-electron chi connectivity index (χ0n) is 19.2. The highest BCUT2D eigenvalue weighted by molar-refractivity contribution is 7.92. The van der Waals surface area contributed by atoms with Gasteiger partial charge < -0.3 is 4.74 Å². The number of nitrogens with zero attached hydrogens (tertiary/aromatic N) is 3. The molecule has 0 radical (unpaired) electrons. The number of nitrogens with one attached hydrogen (secondary N) is 1. The first-order chi connectivity index (χ1) is 16.9. The van der Waals surface area contributed by atoms with Crippen LogP contribution in [0.15, 0.2) is 83.8 Å². The van der Waals surface area contributed by atoms with E-state index < -0.39 is 22.5 Å². The first kappa shape index (κ1) is 24.4. The van der Waals surface area contributed by atoms with Crippen LogP contribution in [0.1, 0.15) is 12.5 Å². The fraction of sp³-hybridized carbons (Fsp3) is 0.160. The van der Waals surface area contributed by atoms with E-state index in [1.165, 1.54) is 23.5 Å². The largest absolute Gasteiger partial charge is 0.494 e. The Kier molecular flexibility index (Phi) is 7.42. The lowest BCUT2D eigenvalue weighted by Crippen LogP contribution is -2.38. The molecule has 0 saturated carbocycles. The summed E-state index contributed by atoms with van der Waals surface area (Å²) in [4.78, 5) is 13.0. The number of hydrogen-bond donors (Lipinski definition) is 1. The van der Waals surface area contributed by atoms with Crippen molar-refractivity contribution in [2.75, 3.05) is 22.8 Å². The Morgan fingerprint density at radius 2 is 1.66 bits per heavy atom. The van der Waals surface area contributed by atoms with Gasteiger partial charge >= 0.3 is 0 Å². The second-order valence-electron chi connectivity index (χ2n) is 7.58. The molecule has 3 aromatic carbocycles. The van der Waals surface area contributed by atoms with Crippen molar-refractivity contribution in [2.24, 2.45) is 0 Å². The van der Waals surface area contributed by atoms with E-state index in [0.29, 0.717) is 23.1 Å². The quantitative estimate of drug-likeness (QED) is 0.350. The van der Waals surface area contributed by atoms with Gasteiger partial charge in [0.15, 0.2) is 0 Å². The normalized spacial score (nSPS) is 11.1. The van der Waals surface area contributed by atoms with E-state index in [4.69, 9.17) is 4.74 Å². The van der Waals surface area contributed by atoms with E-state index in [-0.39, 0.29) is 10.0 Å². The Morgan fingerprint density at radius 3 is 2.31 bits per heavy atom. The number of amides is 1.